The van der Waals surface area contributed by atoms with Gasteiger partial charge in [0.15, 0.2) is 6.04 Å². The molecule has 0 aliphatic heterocycles. The summed E-state index contributed by atoms with van der Waals surface area (Å²) in [5, 5.41) is 10.4. The summed E-state index contributed by atoms with van der Waals surface area (Å²) in [5.74, 6) is -1.30. The van der Waals surface area contributed by atoms with Crippen LogP contribution >= 0.6 is 0 Å². The molecule has 21 heavy (non-hydrogen) atoms. The van der Waals surface area contributed by atoms with Gasteiger partial charge in [0.2, 0.25) is 5.91 Å². The molecule has 5 heteroatoms. The Bertz CT molecular complexity index is 682. The maximum atomic E-state index is 11.8. The Morgan fingerprint density at radius 2 is 1.95 bits per heavy atom. The number of aromatic nitrogens is 1. The van der Waals surface area contributed by atoms with Crippen molar-refractivity contribution in [2.75, 3.05) is 0 Å². The molecule has 110 valence electrons. The third kappa shape index (κ3) is 3.02. The molecule has 1 amide bonds. The first kappa shape index (κ1) is 15.0. The monoisotopic (exact) mass is 286 g/mol. The van der Waals surface area contributed by atoms with E-state index in [0.29, 0.717) is 5.56 Å². The molecule has 0 saturated heterocycles. The van der Waals surface area contributed by atoms with Crippen molar-refractivity contribution in [3.63, 3.8) is 0 Å². The third-order valence-electron chi connectivity index (χ3n) is 3.37. The van der Waals surface area contributed by atoms with E-state index in [1.54, 1.807) is 44.3 Å². The summed E-state index contributed by atoms with van der Waals surface area (Å²) >= 11 is 0. The highest BCUT2D eigenvalue weighted by Gasteiger charge is 2.31. The van der Waals surface area contributed by atoms with E-state index >= 15 is 0 Å². The molecule has 0 radical (unpaired) electrons. The van der Waals surface area contributed by atoms with Crippen molar-refractivity contribution >= 4 is 22.8 Å². The van der Waals surface area contributed by atoms with Gasteiger partial charge in [0.25, 0.3) is 0 Å². The SMILES string of the molecule is CC(=O)N(C(C)C)C(C(=O)O)c1ccc2ncccc2c1. The number of hydrogen-bond donors (Lipinski definition) is 1. The molecule has 0 spiro atoms. The fourth-order valence-corrected chi connectivity index (χ4v) is 2.53. The Morgan fingerprint density at radius 3 is 2.52 bits per heavy atom. The smallest absolute Gasteiger partial charge is 0.331 e. The first-order valence-corrected chi connectivity index (χ1v) is 6.78. The number of hydrogen-bond acceptors (Lipinski definition) is 3. The zero-order valence-corrected chi connectivity index (χ0v) is 12.3. The maximum absolute atomic E-state index is 11.8. The summed E-state index contributed by atoms with van der Waals surface area (Å²) in [7, 11) is 0. The number of carboxylic acid groups (broad SMARTS) is 1. The largest absolute Gasteiger partial charge is 0.479 e. The molecule has 1 atom stereocenters. The highest BCUT2D eigenvalue weighted by molar-refractivity contribution is 5.86. The molecule has 5 nitrogen and oxygen atoms in total. The van der Waals surface area contributed by atoms with E-state index in [1.807, 2.05) is 6.07 Å². The fraction of sp³-hybridized carbons (Fsp3) is 0.312. The summed E-state index contributed by atoms with van der Waals surface area (Å²) in [4.78, 5) is 29.1. The molecule has 0 bridgehead atoms. The lowest BCUT2D eigenvalue weighted by atomic mass is 10.0. The van der Waals surface area contributed by atoms with E-state index in [-0.39, 0.29) is 11.9 Å². The Labute approximate surface area is 123 Å². The normalized spacial score (nSPS) is 12.4. The van der Waals surface area contributed by atoms with Gasteiger partial charge in [0.1, 0.15) is 0 Å². The molecule has 1 N–H and O–H groups in total. The Morgan fingerprint density at radius 1 is 1.24 bits per heavy atom. The highest BCUT2D eigenvalue weighted by Crippen LogP contribution is 2.26. The van der Waals surface area contributed by atoms with Gasteiger partial charge >= 0.3 is 5.97 Å². The zero-order valence-electron chi connectivity index (χ0n) is 12.3. The number of carbonyl (C=O) groups excluding carboxylic acids is 1. The molecule has 1 aromatic carbocycles. The van der Waals surface area contributed by atoms with Crippen LogP contribution in [0.3, 0.4) is 0 Å². The Balaban J connectivity index is 2.54. The average Bonchev–Trinajstić information content (AvgIpc) is 2.42. The predicted molar refractivity (Wildman–Crippen MR) is 79.8 cm³/mol. The molecule has 0 aliphatic carbocycles. The van der Waals surface area contributed by atoms with E-state index in [1.165, 1.54) is 11.8 Å². The number of fused-ring (bicyclic) bond motifs is 1. The van der Waals surface area contributed by atoms with Crippen LogP contribution < -0.4 is 0 Å². The van der Waals surface area contributed by atoms with Gasteiger partial charge < -0.3 is 10.0 Å². The molecule has 1 unspecified atom stereocenters. The molecule has 1 aromatic heterocycles. The zero-order chi connectivity index (χ0) is 15.6. The first-order chi connectivity index (χ1) is 9.91. The van der Waals surface area contributed by atoms with Crippen LogP contribution in [0.15, 0.2) is 36.5 Å². The summed E-state index contributed by atoms with van der Waals surface area (Å²) in [6.45, 7) is 5.00. The van der Waals surface area contributed by atoms with Crippen LogP contribution in [0.1, 0.15) is 32.4 Å². The van der Waals surface area contributed by atoms with Gasteiger partial charge in [-0.05, 0) is 37.6 Å². The first-order valence-electron chi connectivity index (χ1n) is 6.78. The number of carbonyl (C=O) groups is 2. The van der Waals surface area contributed by atoms with Crippen LogP contribution in [0, 0.1) is 0 Å². The Kier molecular flexibility index (Phi) is 4.21. The second-order valence-corrected chi connectivity index (χ2v) is 5.22. The van der Waals surface area contributed by atoms with Gasteiger partial charge in [-0.3, -0.25) is 9.78 Å². The lowest BCUT2D eigenvalue weighted by molar-refractivity contribution is -0.151. The van der Waals surface area contributed by atoms with E-state index < -0.39 is 12.0 Å². The molecule has 0 aliphatic rings. The van der Waals surface area contributed by atoms with E-state index in [2.05, 4.69) is 4.98 Å². The molecule has 1 heterocycles. The summed E-state index contributed by atoms with van der Waals surface area (Å²) in [5.41, 5.74) is 1.37. The molecule has 0 saturated carbocycles. The van der Waals surface area contributed by atoms with Crippen molar-refractivity contribution in [2.24, 2.45) is 0 Å². The summed E-state index contributed by atoms with van der Waals surface area (Å²) < 4.78 is 0. The second-order valence-electron chi connectivity index (χ2n) is 5.22. The topological polar surface area (TPSA) is 70.5 Å². The van der Waals surface area contributed by atoms with Crippen LogP contribution in [-0.4, -0.2) is 32.9 Å². The number of aliphatic carboxylic acids is 1. The van der Waals surface area contributed by atoms with Crippen molar-refractivity contribution in [3.05, 3.63) is 42.1 Å². The van der Waals surface area contributed by atoms with E-state index in [4.69, 9.17) is 0 Å². The van der Waals surface area contributed by atoms with Crippen molar-refractivity contribution in [2.45, 2.75) is 32.9 Å². The molecular formula is C16H18N2O3. The minimum Gasteiger partial charge on any atom is -0.479 e. The van der Waals surface area contributed by atoms with Gasteiger partial charge in [0, 0.05) is 24.5 Å². The van der Waals surface area contributed by atoms with E-state index in [0.717, 1.165) is 10.9 Å². The number of carboxylic acids is 1. The number of rotatable bonds is 4. The van der Waals surface area contributed by atoms with Gasteiger partial charge in [-0.2, -0.15) is 0 Å². The van der Waals surface area contributed by atoms with Crippen LogP contribution in [0.5, 0.6) is 0 Å². The standard InChI is InChI=1S/C16H18N2O3/c1-10(2)18(11(3)19)15(16(20)21)13-6-7-14-12(9-13)5-4-8-17-14/h4-10,15H,1-3H3,(H,20,21). The lowest BCUT2D eigenvalue weighted by Crippen LogP contribution is -2.42. The lowest BCUT2D eigenvalue weighted by Gasteiger charge is -2.31. The third-order valence-corrected chi connectivity index (χ3v) is 3.37. The fourth-order valence-electron chi connectivity index (χ4n) is 2.53. The minimum atomic E-state index is -1.04. The number of amides is 1. The second kappa shape index (κ2) is 5.91. The van der Waals surface area contributed by atoms with Crippen molar-refractivity contribution < 1.29 is 14.7 Å². The number of benzene rings is 1. The van der Waals surface area contributed by atoms with Gasteiger partial charge in [0.05, 0.1) is 5.52 Å². The molecular weight excluding hydrogens is 268 g/mol. The number of pyridine rings is 1. The molecule has 2 rings (SSSR count). The average molecular weight is 286 g/mol. The maximum Gasteiger partial charge on any atom is 0.331 e. The van der Waals surface area contributed by atoms with Gasteiger partial charge in [-0.1, -0.05) is 12.1 Å². The molecule has 0 fully saturated rings. The van der Waals surface area contributed by atoms with E-state index in [9.17, 15) is 14.7 Å². The molecule has 2 aromatic rings. The van der Waals surface area contributed by atoms with Crippen LogP contribution in [-0.2, 0) is 9.59 Å². The van der Waals surface area contributed by atoms with Gasteiger partial charge in [-0.15, -0.1) is 0 Å². The van der Waals surface area contributed by atoms with Crippen LogP contribution in [0.4, 0.5) is 0 Å². The van der Waals surface area contributed by atoms with Crippen molar-refractivity contribution in [1.82, 2.24) is 9.88 Å². The van der Waals surface area contributed by atoms with Crippen molar-refractivity contribution in [3.8, 4) is 0 Å². The quantitative estimate of drug-likeness (QED) is 0.938. The van der Waals surface area contributed by atoms with Crippen LogP contribution in [0.2, 0.25) is 0 Å². The van der Waals surface area contributed by atoms with Crippen LogP contribution in [0.25, 0.3) is 10.9 Å². The van der Waals surface area contributed by atoms with Gasteiger partial charge in [-0.25, -0.2) is 4.79 Å². The minimum absolute atomic E-state index is 0.201. The predicted octanol–water partition coefficient (Wildman–Crippen LogP) is 2.62. The number of nitrogens with zero attached hydrogens (tertiary/aromatic N) is 2. The highest BCUT2D eigenvalue weighted by atomic mass is 16.4. The van der Waals surface area contributed by atoms with Crippen molar-refractivity contribution in [1.29, 1.82) is 0 Å². The summed E-state index contributed by atoms with van der Waals surface area (Å²) in [6, 6.07) is 7.75. The Hall–Kier alpha value is -2.43. The summed E-state index contributed by atoms with van der Waals surface area (Å²) in [6.07, 6.45) is 1.69.